The van der Waals surface area contributed by atoms with Gasteiger partial charge in [0.2, 0.25) is 5.91 Å². The monoisotopic (exact) mass is 328 g/mol. The van der Waals surface area contributed by atoms with Crippen LogP contribution in [0.15, 0.2) is 41.8 Å². The van der Waals surface area contributed by atoms with Gasteiger partial charge in [-0.05, 0) is 36.1 Å². The van der Waals surface area contributed by atoms with E-state index >= 15 is 0 Å². The highest BCUT2D eigenvalue weighted by Gasteiger charge is 2.59. The number of imide groups is 1. The van der Waals surface area contributed by atoms with E-state index in [4.69, 9.17) is 4.84 Å². The molecule has 0 N–H and O–H groups in total. The van der Waals surface area contributed by atoms with Gasteiger partial charge in [0.05, 0.1) is 17.6 Å². The van der Waals surface area contributed by atoms with Crippen LogP contribution in [0.25, 0.3) is 0 Å². The molecular formula is C17H16N2O3S. The van der Waals surface area contributed by atoms with Gasteiger partial charge in [-0.3, -0.25) is 14.4 Å². The Bertz CT molecular complexity index is 773. The van der Waals surface area contributed by atoms with Crippen molar-refractivity contribution < 1.29 is 14.4 Å². The highest BCUT2D eigenvalue weighted by Crippen LogP contribution is 2.46. The number of carbonyl (C=O) groups excluding carboxylic acids is 2. The summed E-state index contributed by atoms with van der Waals surface area (Å²) in [7, 11) is 1.79. The van der Waals surface area contributed by atoms with Gasteiger partial charge in [-0.25, -0.2) is 4.90 Å². The minimum absolute atomic E-state index is 0.187. The number of thiophene rings is 1. The van der Waals surface area contributed by atoms with Crippen LogP contribution in [0.2, 0.25) is 0 Å². The number of nitrogens with zero attached hydrogens (tertiary/aromatic N) is 2. The van der Waals surface area contributed by atoms with Crippen molar-refractivity contribution in [3.05, 3.63) is 52.2 Å². The summed E-state index contributed by atoms with van der Waals surface area (Å²) in [6.07, 6.45) is -0.737. The van der Waals surface area contributed by atoms with E-state index in [2.05, 4.69) is 0 Å². The zero-order chi connectivity index (χ0) is 16.1. The summed E-state index contributed by atoms with van der Waals surface area (Å²) in [6, 6.07) is 10.8. The largest absolute Gasteiger partial charge is 0.284 e. The molecule has 1 aromatic carbocycles. The molecule has 0 aliphatic carbocycles. The maximum absolute atomic E-state index is 13.0. The van der Waals surface area contributed by atoms with Crippen LogP contribution in [-0.4, -0.2) is 30.0 Å². The number of hydrogen-bond donors (Lipinski definition) is 0. The number of carbonyl (C=O) groups is 2. The summed E-state index contributed by atoms with van der Waals surface area (Å²) >= 11 is 1.60. The summed E-state index contributed by atoms with van der Waals surface area (Å²) in [5.74, 6) is -0.965. The first-order chi connectivity index (χ1) is 11.1. The molecule has 2 fully saturated rings. The molecule has 0 radical (unpaired) electrons. The fourth-order valence-electron chi connectivity index (χ4n) is 3.40. The second kappa shape index (κ2) is 5.26. The van der Waals surface area contributed by atoms with Gasteiger partial charge in [0.25, 0.3) is 5.91 Å². The summed E-state index contributed by atoms with van der Waals surface area (Å²) in [4.78, 5) is 33.7. The number of fused-ring (bicyclic) bond motifs is 1. The number of aryl methyl sites for hydroxylation is 1. The molecule has 2 aromatic rings. The zero-order valence-electron chi connectivity index (χ0n) is 12.8. The fourth-order valence-corrected chi connectivity index (χ4v) is 4.50. The van der Waals surface area contributed by atoms with Crippen LogP contribution in [0.5, 0.6) is 0 Å². The van der Waals surface area contributed by atoms with Gasteiger partial charge in [0, 0.05) is 11.9 Å². The second-order valence-corrected chi connectivity index (χ2v) is 6.81. The molecule has 5 nitrogen and oxygen atoms in total. The minimum atomic E-state index is -0.737. The lowest BCUT2D eigenvalue weighted by Crippen LogP contribution is -2.36. The Kier molecular flexibility index (Phi) is 3.33. The Labute approximate surface area is 138 Å². The van der Waals surface area contributed by atoms with E-state index in [0.717, 1.165) is 10.4 Å². The molecule has 4 rings (SSSR count). The van der Waals surface area contributed by atoms with Crippen molar-refractivity contribution in [2.45, 2.75) is 19.1 Å². The topological polar surface area (TPSA) is 49.9 Å². The Morgan fingerprint density at radius 2 is 1.83 bits per heavy atom. The van der Waals surface area contributed by atoms with E-state index < -0.39 is 12.0 Å². The first kappa shape index (κ1) is 14.6. The Morgan fingerprint density at radius 3 is 2.48 bits per heavy atom. The normalized spacial score (nSPS) is 27.7. The second-order valence-electron chi connectivity index (χ2n) is 5.86. The molecule has 6 heteroatoms. The van der Waals surface area contributed by atoms with E-state index in [1.807, 2.05) is 36.6 Å². The van der Waals surface area contributed by atoms with Crippen LogP contribution in [0, 0.1) is 12.8 Å². The number of para-hydroxylation sites is 1. The van der Waals surface area contributed by atoms with Gasteiger partial charge in [-0.15, -0.1) is 11.3 Å². The third-order valence-corrected chi connectivity index (χ3v) is 5.58. The van der Waals surface area contributed by atoms with E-state index in [9.17, 15) is 9.59 Å². The Morgan fingerprint density at radius 1 is 1.09 bits per heavy atom. The van der Waals surface area contributed by atoms with Gasteiger partial charge >= 0.3 is 0 Å². The molecule has 2 amide bonds. The maximum Gasteiger partial charge on any atom is 0.265 e. The standard InChI is InChI=1S/C17H16N2O3S/c1-10-8-9-23-15(10)13-12-14(22-18(13)2)17(21)19(16(12)20)11-6-4-3-5-7-11/h3-9,12-14H,1-2H3/t12-,13-,14+/m1/s1. The van der Waals surface area contributed by atoms with E-state index in [0.29, 0.717) is 5.69 Å². The molecule has 2 aliphatic rings. The van der Waals surface area contributed by atoms with Gasteiger partial charge in [0.15, 0.2) is 6.10 Å². The Hall–Kier alpha value is -2.02. The Balaban J connectivity index is 1.75. The van der Waals surface area contributed by atoms with E-state index in [1.165, 1.54) is 4.90 Å². The van der Waals surface area contributed by atoms with Crippen molar-refractivity contribution in [1.82, 2.24) is 5.06 Å². The van der Waals surface area contributed by atoms with Crippen LogP contribution in [-0.2, 0) is 14.4 Å². The molecule has 0 spiro atoms. The highest BCUT2D eigenvalue weighted by molar-refractivity contribution is 7.10. The third kappa shape index (κ3) is 2.06. The molecule has 23 heavy (non-hydrogen) atoms. The SMILES string of the molecule is Cc1ccsc1[C@H]1[C@H]2C(=O)N(c3ccccc3)C(=O)[C@H]2ON1C. The van der Waals surface area contributed by atoms with Crippen LogP contribution < -0.4 is 4.90 Å². The van der Waals surface area contributed by atoms with Crippen molar-refractivity contribution in [3.63, 3.8) is 0 Å². The number of benzene rings is 1. The lowest BCUT2D eigenvalue weighted by Gasteiger charge is -2.23. The van der Waals surface area contributed by atoms with Crippen molar-refractivity contribution in [2.75, 3.05) is 11.9 Å². The lowest BCUT2D eigenvalue weighted by molar-refractivity contribution is -0.160. The summed E-state index contributed by atoms with van der Waals surface area (Å²) in [6.45, 7) is 2.02. The van der Waals surface area contributed by atoms with Crippen LogP contribution in [0.4, 0.5) is 5.69 Å². The molecule has 0 unspecified atom stereocenters. The highest BCUT2D eigenvalue weighted by atomic mass is 32.1. The van der Waals surface area contributed by atoms with Crippen molar-refractivity contribution in [2.24, 2.45) is 5.92 Å². The molecule has 1 aromatic heterocycles. The zero-order valence-corrected chi connectivity index (χ0v) is 13.6. The van der Waals surface area contributed by atoms with Crippen molar-refractivity contribution in [3.8, 4) is 0 Å². The summed E-state index contributed by atoms with van der Waals surface area (Å²) in [5, 5.41) is 3.66. The average molecular weight is 328 g/mol. The van der Waals surface area contributed by atoms with Gasteiger partial charge in [-0.1, -0.05) is 18.2 Å². The number of hydroxylamine groups is 2. The predicted octanol–water partition coefficient (Wildman–Crippen LogP) is 2.53. The predicted molar refractivity (Wildman–Crippen MR) is 86.9 cm³/mol. The maximum atomic E-state index is 13.0. The molecule has 118 valence electrons. The minimum Gasteiger partial charge on any atom is -0.284 e. The van der Waals surface area contributed by atoms with Crippen molar-refractivity contribution in [1.29, 1.82) is 0 Å². The smallest absolute Gasteiger partial charge is 0.265 e. The average Bonchev–Trinajstić information content (AvgIpc) is 3.17. The molecule has 0 bridgehead atoms. The van der Waals surface area contributed by atoms with Crippen molar-refractivity contribution >= 4 is 28.8 Å². The van der Waals surface area contributed by atoms with Gasteiger partial charge < -0.3 is 0 Å². The molecular weight excluding hydrogens is 312 g/mol. The molecule has 2 aliphatic heterocycles. The van der Waals surface area contributed by atoms with Crippen LogP contribution in [0.1, 0.15) is 16.5 Å². The van der Waals surface area contributed by atoms with Crippen LogP contribution in [0.3, 0.4) is 0 Å². The molecule has 3 heterocycles. The molecule has 0 saturated carbocycles. The quantitative estimate of drug-likeness (QED) is 0.795. The first-order valence-corrected chi connectivity index (χ1v) is 8.34. The fraction of sp³-hybridized carbons (Fsp3) is 0.294. The third-order valence-electron chi connectivity index (χ3n) is 4.49. The molecule has 3 atom stereocenters. The van der Waals surface area contributed by atoms with E-state index in [-0.39, 0.29) is 17.9 Å². The number of amides is 2. The lowest BCUT2D eigenvalue weighted by atomic mass is 9.94. The summed E-state index contributed by atoms with van der Waals surface area (Å²) < 4.78 is 0. The molecule has 2 saturated heterocycles. The van der Waals surface area contributed by atoms with E-state index in [1.54, 1.807) is 35.6 Å². The van der Waals surface area contributed by atoms with Gasteiger partial charge in [0.1, 0.15) is 0 Å². The number of rotatable bonds is 2. The number of hydrogen-bond acceptors (Lipinski definition) is 5. The number of anilines is 1. The van der Waals surface area contributed by atoms with Gasteiger partial charge in [-0.2, -0.15) is 5.06 Å². The summed E-state index contributed by atoms with van der Waals surface area (Å²) in [5.41, 5.74) is 1.72. The first-order valence-electron chi connectivity index (χ1n) is 7.46. The van der Waals surface area contributed by atoms with Crippen LogP contribution >= 0.6 is 11.3 Å².